The predicted molar refractivity (Wildman–Crippen MR) is 295 cm³/mol. The highest BCUT2D eigenvalue weighted by atomic mass is 16.7. The van der Waals surface area contributed by atoms with Crippen LogP contribution in [0.15, 0.2) is 48.6 Å². The van der Waals surface area contributed by atoms with Crippen molar-refractivity contribution in [3.05, 3.63) is 48.6 Å². The summed E-state index contributed by atoms with van der Waals surface area (Å²) < 4.78 is 11.3. The number of aliphatic hydroxyl groups excluding tert-OH is 5. The molecule has 410 valence electrons. The number of hydrogen-bond acceptors (Lipinski definition) is 8. The van der Waals surface area contributed by atoms with E-state index >= 15 is 0 Å². The standard InChI is InChI=1S/C61H113NO8/c1-3-5-7-9-11-13-15-17-19-21-23-25-27-28-29-31-33-35-37-39-41-43-45-47-49-51-57(65)62-54(53-69-61-60(68)59(67)58(66)56(52-63)70-61)55(64)50-48-46-44-42-40-38-36-34-32-30-26-24-22-20-18-16-14-12-10-8-6-4-2/h23,25,28-29,40,42,48,50,54-56,58-61,63-64,66-68H,3-22,24,26-27,30-39,41,43-47,49,51-53H2,1-2H3,(H,62,65)/b25-23-,29-28-,42-40+,50-48+. The molecule has 0 aromatic carbocycles. The van der Waals surface area contributed by atoms with Gasteiger partial charge in [-0.3, -0.25) is 4.79 Å². The van der Waals surface area contributed by atoms with E-state index in [1.54, 1.807) is 6.08 Å². The Morgan fingerprint density at radius 1 is 0.486 bits per heavy atom. The van der Waals surface area contributed by atoms with E-state index in [1.807, 2.05) is 6.08 Å². The van der Waals surface area contributed by atoms with Gasteiger partial charge in [0.2, 0.25) is 5.91 Å². The van der Waals surface area contributed by atoms with Crippen molar-refractivity contribution in [3.63, 3.8) is 0 Å². The summed E-state index contributed by atoms with van der Waals surface area (Å²) >= 11 is 0. The Kier molecular flexibility index (Phi) is 47.9. The quantitative estimate of drug-likeness (QED) is 0.0261. The zero-order valence-corrected chi connectivity index (χ0v) is 45.5. The molecule has 0 radical (unpaired) electrons. The summed E-state index contributed by atoms with van der Waals surface area (Å²) in [6.45, 7) is 3.79. The third kappa shape index (κ3) is 39.7. The molecule has 1 heterocycles. The van der Waals surface area contributed by atoms with Crippen LogP contribution in [0.25, 0.3) is 0 Å². The lowest BCUT2D eigenvalue weighted by atomic mass is 9.99. The molecule has 9 heteroatoms. The number of amides is 1. The highest BCUT2D eigenvalue weighted by Gasteiger charge is 2.44. The fraction of sp³-hybridized carbons (Fsp3) is 0.852. The number of carbonyl (C=O) groups is 1. The lowest BCUT2D eigenvalue weighted by Gasteiger charge is -2.40. The van der Waals surface area contributed by atoms with Crippen LogP contribution in [0.5, 0.6) is 0 Å². The van der Waals surface area contributed by atoms with Gasteiger partial charge in [-0.05, 0) is 64.2 Å². The topological polar surface area (TPSA) is 149 Å². The number of ether oxygens (including phenoxy) is 2. The molecule has 0 spiro atoms. The Morgan fingerprint density at radius 3 is 1.29 bits per heavy atom. The molecule has 1 aliphatic heterocycles. The van der Waals surface area contributed by atoms with Gasteiger partial charge in [-0.2, -0.15) is 0 Å². The first-order chi connectivity index (χ1) is 34.3. The molecule has 1 aliphatic rings. The molecule has 9 nitrogen and oxygen atoms in total. The van der Waals surface area contributed by atoms with Crippen LogP contribution in [0.4, 0.5) is 0 Å². The molecule has 1 saturated heterocycles. The molecule has 0 aliphatic carbocycles. The van der Waals surface area contributed by atoms with Crippen LogP contribution in [0.1, 0.15) is 277 Å². The second-order valence-electron chi connectivity index (χ2n) is 20.8. The number of carbonyl (C=O) groups excluding carboxylic acids is 1. The minimum absolute atomic E-state index is 0.189. The summed E-state index contributed by atoms with van der Waals surface area (Å²) in [6, 6.07) is -0.826. The number of unbranched alkanes of at least 4 members (excludes halogenated alkanes) is 35. The number of hydrogen-bond donors (Lipinski definition) is 6. The Labute approximate surface area is 431 Å². The van der Waals surface area contributed by atoms with Crippen molar-refractivity contribution in [3.8, 4) is 0 Å². The third-order valence-corrected chi connectivity index (χ3v) is 14.1. The summed E-state index contributed by atoms with van der Waals surface area (Å²) in [4.78, 5) is 13.1. The molecule has 1 fully saturated rings. The van der Waals surface area contributed by atoms with Gasteiger partial charge in [0, 0.05) is 6.42 Å². The van der Waals surface area contributed by atoms with Gasteiger partial charge < -0.3 is 40.3 Å². The molecule has 7 atom stereocenters. The van der Waals surface area contributed by atoms with Crippen molar-refractivity contribution in [1.29, 1.82) is 0 Å². The van der Waals surface area contributed by atoms with Gasteiger partial charge in [0.25, 0.3) is 0 Å². The predicted octanol–water partition coefficient (Wildman–Crippen LogP) is 14.9. The van der Waals surface area contributed by atoms with Gasteiger partial charge >= 0.3 is 0 Å². The largest absolute Gasteiger partial charge is 0.394 e. The molecule has 0 saturated carbocycles. The van der Waals surface area contributed by atoms with Crippen LogP contribution in [-0.2, 0) is 14.3 Å². The second kappa shape index (κ2) is 50.7. The summed E-state index contributed by atoms with van der Waals surface area (Å²) in [7, 11) is 0. The number of allylic oxidation sites excluding steroid dienone is 7. The summed E-state index contributed by atoms with van der Waals surface area (Å²) in [5.74, 6) is -0.189. The van der Waals surface area contributed by atoms with Gasteiger partial charge in [-0.25, -0.2) is 0 Å². The molecule has 1 rings (SSSR count). The smallest absolute Gasteiger partial charge is 0.220 e. The van der Waals surface area contributed by atoms with Crippen molar-refractivity contribution in [1.82, 2.24) is 5.32 Å². The van der Waals surface area contributed by atoms with E-state index in [0.717, 1.165) is 44.9 Å². The van der Waals surface area contributed by atoms with Gasteiger partial charge in [0.15, 0.2) is 6.29 Å². The number of rotatable bonds is 51. The van der Waals surface area contributed by atoms with Gasteiger partial charge in [0.05, 0.1) is 25.4 Å². The van der Waals surface area contributed by atoms with E-state index < -0.39 is 49.5 Å². The van der Waals surface area contributed by atoms with Crippen LogP contribution in [0.3, 0.4) is 0 Å². The van der Waals surface area contributed by atoms with Crippen LogP contribution in [0, 0.1) is 0 Å². The average molecular weight is 989 g/mol. The molecule has 0 aromatic rings. The Hall–Kier alpha value is -1.85. The monoisotopic (exact) mass is 988 g/mol. The summed E-state index contributed by atoms with van der Waals surface area (Å²) in [6.07, 6.45) is 60.4. The Morgan fingerprint density at radius 2 is 0.857 bits per heavy atom. The first kappa shape index (κ1) is 66.2. The van der Waals surface area contributed by atoms with Gasteiger partial charge in [-0.1, -0.05) is 255 Å². The molecule has 6 N–H and O–H groups in total. The van der Waals surface area contributed by atoms with E-state index in [1.165, 1.54) is 212 Å². The normalized spacial score (nSPS) is 19.7. The van der Waals surface area contributed by atoms with E-state index in [9.17, 15) is 30.3 Å². The molecule has 0 aromatic heterocycles. The van der Waals surface area contributed by atoms with Crippen LogP contribution in [0.2, 0.25) is 0 Å². The van der Waals surface area contributed by atoms with Crippen LogP contribution >= 0.6 is 0 Å². The SMILES string of the molecule is CCCCCCCCCCC/C=C\C/C=C\CCCCCCCCCCCC(=O)NC(COC1OC(CO)C(O)C(O)C1O)C(O)/C=C/CC/C=C/CCCCCCCCCCCCCCCCCC. The molecular formula is C61H113NO8. The maximum atomic E-state index is 13.1. The minimum Gasteiger partial charge on any atom is -0.394 e. The fourth-order valence-corrected chi connectivity index (χ4v) is 9.38. The Bertz CT molecular complexity index is 1240. The lowest BCUT2D eigenvalue weighted by molar-refractivity contribution is -0.302. The first-order valence-electron chi connectivity index (χ1n) is 29.9. The number of aliphatic hydroxyl groups is 5. The van der Waals surface area contributed by atoms with Crippen molar-refractivity contribution in [2.75, 3.05) is 13.2 Å². The van der Waals surface area contributed by atoms with Crippen molar-refractivity contribution >= 4 is 5.91 Å². The van der Waals surface area contributed by atoms with E-state index in [2.05, 4.69) is 55.6 Å². The maximum absolute atomic E-state index is 13.1. The van der Waals surface area contributed by atoms with Crippen molar-refractivity contribution in [2.24, 2.45) is 0 Å². The molecule has 70 heavy (non-hydrogen) atoms. The highest BCUT2D eigenvalue weighted by molar-refractivity contribution is 5.76. The maximum Gasteiger partial charge on any atom is 0.220 e. The summed E-state index contributed by atoms with van der Waals surface area (Å²) in [5.41, 5.74) is 0. The van der Waals surface area contributed by atoms with Crippen molar-refractivity contribution < 1.29 is 39.8 Å². The fourth-order valence-electron chi connectivity index (χ4n) is 9.38. The second-order valence-corrected chi connectivity index (χ2v) is 20.8. The van der Waals surface area contributed by atoms with E-state index in [-0.39, 0.29) is 12.5 Å². The van der Waals surface area contributed by atoms with Gasteiger partial charge in [-0.15, -0.1) is 0 Å². The van der Waals surface area contributed by atoms with Crippen molar-refractivity contribution in [2.45, 2.75) is 320 Å². The van der Waals surface area contributed by atoms with Gasteiger partial charge in [0.1, 0.15) is 24.4 Å². The molecular weight excluding hydrogens is 875 g/mol. The molecule has 1 amide bonds. The first-order valence-corrected chi connectivity index (χ1v) is 29.9. The third-order valence-electron chi connectivity index (χ3n) is 14.1. The Balaban J connectivity index is 2.24. The zero-order valence-electron chi connectivity index (χ0n) is 45.5. The molecule has 7 unspecified atom stereocenters. The summed E-state index contributed by atoms with van der Waals surface area (Å²) in [5, 5.41) is 54.5. The lowest BCUT2D eigenvalue weighted by Crippen LogP contribution is -2.60. The minimum atomic E-state index is -1.57. The van der Waals surface area contributed by atoms with E-state index in [4.69, 9.17) is 9.47 Å². The van der Waals surface area contributed by atoms with E-state index in [0.29, 0.717) is 6.42 Å². The van der Waals surface area contributed by atoms with Crippen LogP contribution in [-0.4, -0.2) is 87.5 Å². The zero-order chi connectivity index (χ0) is 50.8. The average Bonchev–Trinajstić information content (AvgIpc) is 3.36. The van der Waals surface area contributed by atoms with Crippen LogP contribution < -0.4 is 5.32 Å². The highest BCUT2D eigenvalue weighted by Crippen LogP contribution is 2.23. The molecule has 0 bridgehead atoms. The number of nitrogens with one attached hydrogen (secondary N) is 1.